The van der Waals surface area contributed by atoms with Gasteiger partial charge in [0.1, 0.15) is 6.61 Å². The van der Waals surface area contributed by atoms with Crippen molar-refractivity contribution in [2.24, 2.45) is 0 Å². The minimum atomic E-state index is -0.396. The number of carbonyl (C=O) groups is 3. The molecule has 0 aliphatic carbocycles. The molecule has 0 aromatic carbocycles. The van der Waals surface area contributed by atoms with E-state index in [-0.39, 0.29) is 24.5 Å². The molecule has 0 radical (unpaired) electrons. The Hall–Kier alpha value is -1.39. The van der Waals surface area contributed by atoms with E-state index < -0.39 is 5.97 Å². The van der Waals surface area contributed by atoms with Crippen molar-refractivity contribution >= 4 is 17.8 Å². The molecule has 0 spiro atoms. The first-order valence-electron chi connectivity index (χ1n) is 4.48. The fraction of sp³-hybridized carbons (Fsp3) is 0.667. The molecule has 78 valence electrons. The molecule has 1 atom stereocenters. The van der Waals surface area contributed by atoms with Crippen molar-refractivity contribution in [1.82, 2.24) is 4.90 Å². The van der Waals surface area contributed by atoms with Crippen LogP contribution < -0.4 is 0 Å². The molecular formula is C9H13NO4. The Labute approximate surface area is 82.0 Å². The Morgan fingerprint density at radius 3 is 2.64 bits per heavy atom. The predicted molar refractivity (Wildman–Crippen MR) is 47.2 cm³/mol. The zero-order valence-corrected chi connectivity index (χ0v) is 8.28. The van der Waals surface area contributed by atoms with E-state index in [4.69, 9.17) is 4.74 Å². The van der Waals surface area contributed by atoms with Crippen LogP contribution >= 0.6 is 0 Å². The number of nitrogens with zero attached hydrogens (tertiary/aromatic N) is 1. The molecule has 5 nitrogen and oxygen atoms in total. The molecule has 1 rings (SSSR count). The second kappa shape index (κ2) is 4.21. The van der Waals surface area contributed by atoms with Gasteiger partial charge in [-0.05, 0) is 6.42 Å². The van der Waals surface area contributed by atoms with Crippen LogP contribution in [0.25, 0.3) is 0 Å². The molecule has 0 aromatic heterocycles. The van der Waals surface area contributed by atoms with Crippen LogP contribution in [0.1, 0.15) is 26.7 Å². The van der Waals surface area contributed by atoms with Gasteiger partial charge in [-0.1, -0.05) is 0 Å². The first-order valence-corrected chi connectivity index (χ1v) is 4.48. The number of imide groups is 1. The van der Waals surface area contributed by atoms with Gasteiger partial charge in [-0.2, -0.15) is 0 Å². The van der Waals surface area contributed by atoms with Crippen LogP contribution in [-0.2, 0) is 19.1 Å². The number of hydrogen-bond donors (Lipinski definition) is 0. The van der Waals surface area contributed by atoms with Crippen LogP contribution in [0.4, 0.5) is 0 Å². The van der Waals surface area contributed by atoms with Gasteiger partial charge >= 0.3 is 5.97 Å². The Balaban J connectivity index is 2.56. The summed E-state index contributed by atoms with van der Waals surface area (Å²) in [6, 6.07) is -0.274. The lowest BCUT2D eigenvalue weighted by Gasteiger charge is -2.20. The molecule has 14 heavy (non-hydrogen) atoms. The highest BCUT2D eigenvalue weighted by molar-refractivity contribution is 5.96. The summed E-state index contributed by atoms with van der Waals surface area (Å²) in [5, 5.41) is 0. The van der Waals surface area contributed by atoms with Crippen molar-refractivity contribution in [3.63, 3.8) is 0 Å². The Morgan fingerprint density at radius 2 is 2.14 bits per heavy atom. The average molecular weight is 199 g/mol. The summed E-state index contributed by atoms with van der Waals surface area (Å²) in [5.41, 5.74) is 0. The summed E-state index contributed by atoms with van der Waals surface area (Å²) in [6.07, 6.45) is 0.928. The molecule has 1 aliphatic heterocycles. The molecule has 5 heteroatoms. The largest absolute Gasteiger partial charge is 0.464 e. The normalized spacial score (nSPS) is 21.1. The average Bonchev–Trinajstić information content (AvgIpc) is 2.43. The summed E-state index contributed by atoms with van der Waals surface area (Å²) in [7, 11) is 0. The van der Waals surface area contributed by atoms with E-state index in [1.165, 1.54) is 18.7 Å². The lowest BCUT2D eigenvalue weighted by molar-refractivity contribution is -0.149. The highest BCUT2D eigenvalue weighted by Gasteiger charge is 2.34. The highest BCUT2D eigenvalue weighted by Crippen LogP contribution is 2.18. The molecule has 1 saturated heterocycles. The maximum atomic E-state index is 11.2. The van der Waals surface area contributed by atoms with Crippen molar-refractivity contribution in [2.45, 2.75) is 32.7 Å². The smallest absolute Gasteiger partial charge is 0.302 e. The lowest BCUT2D eigenvalue weighted by atomic mass is 10.2. The fourth-order valence-corrected chi connectivity index (χ4v) is 1.55. The fourth-order valence-electron chi connectivity index (χ4n) is 1.55. The van der Waals surface area contributed by atoms with Crippen LogP contribution in [-0.4, -0.2) is 35.3 Å². The van der Waals surface area contributed by atoms with Crippen molar-refractivity contribution < 1.29 is 19.1 Å². The molecule has 1 fully saturated rings. The predicted octanol–water partition coefficient (Wildman–Crippen LogP) is 0.0870. The number of likely N-dealkylation sites (tertiary alicyclic amines) is 1. The second-order valence-corrected chi connectivity index (χ2v) is 3.28. The molecule has 1 heterocycles. The molecule has 1 aliphatic rings. The van der Waals surface area contributed by atoms with Gasteiger partial charge in [-0.3, -0.25) is 19.3 Å². The van der Waals surface area contributed by atoms with Crippen molar-refractivity contribution in [1.29, 1.82) is 0 Å². The summed E-state index contributed by atoms with van der Waals surface area (Å²) in [4.78, 5) is 34.0. The third-order valence-corrected chi connectivity index (χ3v) is 2.14. The minimum Gasteiger partial charge on any atom is -0.464 e. The van der Waals surface area contributed by atoms with E-state index in [2.05, 4.69) is 0 Å². The third kappa shape index (κ3) is 2.31. The van der Waals surface area contributed by atoms with Gasteiger partial charge < -0.3 is 4.74 Å². The molecule has 0 unspecified atom stereocenters. The Bertz CT molecular complexity index is 274. The number of rotatable bonds is 2. The van der Waals surface area contributed by atoms with E-state index in [9.17, 15) is 14.4 Å². The van der Waals surface area contributed by atoms with E-state index in [0.29, 0.717) is 12.8 Å². The maximum absolute atomic E-state index is 11.2. The van der Waals surface area contributed by atoms with Gasteiger partial charge in [0, 0.05) is 20.3 Å². The SMILES string of the molecule is CC(=O)OC[C@H]1CCC(=O)N1C(C)=O. The Kier molecular flexibility index (Phi) is 3.22. The summed E-state index contributed by atoms with van der Waals surface area (Å²) < 4.78 is 4.77. The molecule has 0 saturated carbocycles. The minimum absolute atomic E-state index is 0.112. The number of ether oxygens (including phenoxy) is 1. The first kappa shape index (κ1) is 10.7. The molecule has 0 N–H and O–H groups in total. The standard InChI is InChI=1S/C9H13NO4/c1-6(11)10-8(3-4-9(10)13)5-14-7(2)12/h8H,3-5H2,1-2H3/t8-/m1/s1. The number of amides is 2. The van der Waals surface area contributed by atoms with E-state index >= 15 is 0 Å². The van der Waals surface area contributed by atoms with E-state index in [1.54, 1.807) is 0 Å². The quantitative estimate of drug-likeness (QED) is 0.591. The Morgan fingerprint density at radius 1 is 1.50 bits per heavy atom. The van der Waals surface area contributed by atoms with Gasteiger partial charge in [-0.15, -0.1) is 0 Å². The van der Waals surface area contributed by atoms with Gasteiger partial charge in [0.05, 0.1) is 6.04 Å². The van der Waals surface area contributed by atoms with Crippen LogP contribution in [0.3, 0.4) is 0 Å². The lowest BCUT2D eigenvalue weighted by Crippen LogP contribution is -2.39. The van der Waals surface area contributed by atoms with Gasteiger partial charge in [0.2, 0.25) is 11.8 Å². The molecular weight excluding hydrogens is 186 g/mol. The summed E-state index contributed by atoms with van der Waals surface area (Å²) in [5.74, 6) is -0.868. The molecule has 2 amide bonds. The maximum Gasteiger partial charge on any atom is 0.302 e. The van der Waals surface area contributed by atoms with Gasteiger partial charge in [0.25, 0.3) is 0 Å². The number of esters is 1. The van der Waals surface area contributed by atoms with E-state index in [1.807, 2.05) is 0 Å². The molecule has 0 bridgehead atoms. The summed E-state index contributed by atoms with van der Waals surface area (Å²) >= 11 is 0. The zero-order chi connectivity index (χ0) is 10.7. The van der Waals surface area contributed by atoms with Gasteiger partial charge in [-0.25, -0.2) is 0 Å². The van der Waals surface area contributed by atoms with E-state index in [0.717, 1.165) is 0 Å². The van der Waals surface area contributed by atoms with Crippen LogP contribution in [0.5, 0.6) is 0 Å². The zero-order valence-electron chi connectivity index (χ0n) is 8.28. The molecule has 0 aromatic rings. The summed E-state index contributed by atoms with van der Waals surface area (Å²) in [6.45, 7) is 2.75. The third-order valence-electron chi connectivity index (χ3n) is 2.14. The van der Waals surface area contributed by atoms with Crippen molar-refractivity contribution in [2.75, 3.05) is 6.61 Å². The van der Waals surface area contributed by atoms with Gasteiger partial charge in [0.15, 0.2) is 0 Å². The monoisotopic (exact) mass is 199 g/mol. The number of hydrogen-bond acceptors (Lipinski definition) is 4. The highest BCUT2D eigenvalue weighted by atomic mass is 16.5. The van der Waals surface area contributed by atoms with Crippen LogP contribution in [0.2, 0.25) is 0 Å². The van der Waals surface area contributed by atoms with Crippen LogP contribution in [0.15, 0.2) is 0 Å². The van der Waals surface area contributed by atoms with Crippen molar-refractivity contribution in [3.05, 3.63) is 0 Å². The van der Waals surface area contributed by atoms with Crippen LogP contribution in [0, 0.1) is 0 Å². The van der Waals surface area contributed by atoms with Crippen molar-refractivity contribution in [3.8, 4) is 0 Å². The topological polar surface area (TPSA) is 63.7 Å². The number of carbonyl (C=O) groups excluding carboxylic acids is 3. The second-order valence-electron chi connectivity index (χ2n) is 3.28. The first-order chi connectivity index (χ1) is 6.52.